The van der Waals surface area contributed by atoms with Crippen LogP contribution in [0, 0.1) is 0 Å². The minimum atomic E-state index is 0.0366. The molecule has 2 aromatic rings. The number of carbonyl (C=O) groups is 1. The number of urea groups is 1. The van der Waals surface area contributed by atoms with Gasteiger partial charge in [0.15, 0.2) is 0 Å². The lowest BCUT2D eigenvalue weighted by Gasteiger charge is -2.28. The van der Waals surface area contributed by atoms with Crippen LogP contribution in [-0.4, -0.2) is 53.0 Å². The third kappa shape index (κ3) is 4.19. The topological polar surface area (TPSA) is 48.5 Å². The molecule has 0 saturated carbocycles. The van der Waals surface area contributed by atoms with Crippen molar-refractivity contribution in [2.45, 2.75) is 31.3 Å². The molecule has 5 heteroatoms. The maximum Gasteiger partial charge on any atom is 0.322 e. The standard InChI is InChI=1S/C22H26N4O/c1-25-15-13-20-11-12-21(16-25)26(20)22(27)24-19-9-6-17(7-10-19)5-8-18-4-2-3-14-23-18/h2-10,14,20-21H,11-13,15-16H2,1H3,(H,24,27)/b8-5+/t20-,21+/m1/s1. The van der Waals surface area contributed by atoms with Gasteiger partial charge < -0.3 is 15.1 Å². The molecule has 3 heterocycles. The van der Waals surface area contributed by atoms with Crippen LogP contribution in [0.15, 0.2) is 48.7 Å². The molecule has 2 aliphatic heterocycles. The van der Waals surface area contributed by atoms with Crippen molar-refractivity contribution in [2.75, 3.05) is 25.5 Å². The highest BCUT2D eigenvalue weighted by atomic mass is 16.2. The Balaban J connectivity index is 1.40. The van der Waals surface area contributed by atoms with Gasteiger partial charge in [-0.15, -0.1) is 0 Å². The van der Waals surface area contributed by atoms with Gasteiger partial charge in [-0.1, -0.05) is 24.3 Å². The number of pyridine rings is 1. The molecule has 2 aliphatic rings. The van der Waals surface area contributed by atoms with E-state index in [2.05, 4.69) is 27.1 Å². The second-order valence-electron chi connectivity index (χ2n) is 7.48. The molecule has 2 saturated heterocycles. The van der Waals surface area contributed by atoms with Crippen LogP contribution >= 0.6 is 0 Å². The molecule has 140 valence electrons. The van der Waals surface area contributed by atoms with Crippen LogP contribution in [0.1, 0.15) is 30.5 Å². The maximum atomic E-state index is 12.9. The molecule has 0 aliphatic carbocycles. The van der Waals surface area contributed by atoms with Crippen molar-refractivity contribution in [3.05, 3.63) is 59.9 Å². The molecule has 0 radical (unpaired) electrons. The third-order valence-electron chi connectivity index (χ3n) is 5.52. The van der Waals surface area contributed by atoms with E-state index in [1.807, 2.05) is 54.6 Å². The lowest BCUT2D eigenvalue weighted by Crippen LogP contribution is -2.45. The number of likely N-dealkylation sites (N-methyl/N-ethyl adjacent to an activating group) is 1. The number of rotatable bonds is 3. The summed E-state index contributed by atoms with van der Waals surface area (Å²) in [6.45, 7) is 2.05. The normalized spacial score (nSPS) is 22.8. The van der Waals surface area contributed by atoms with E-state index in [9.17, 15) is 4.79 Å². The van der Waals surface area contributed by atoms with Crippen molar-refractivity contribution in [3.63, 3.8) is 0 Å². The van der Waals surface area contributed by atoms with Gasteiger partial charge in [-0.2, -0.15) is 0 Å². The summed E-state index contributed by atoms with van der Waals surface area (Å²) >= 11 is 0. The van der Waals surface area contributed by atoms with E-state index in [1.54, 1.807) is 6.20 Å². The molecule has 1 aromatic heterocycles. The number of nitrogens with zero attached hydrogens (tertiary/aromatic N) is 3. The number of fused-ring (bicyclic) bond motifs is 2. The highest BCUT2D eigenvalue weighted by Gasteiger charge is 2.39. The first-order chi connectivity index (χ1) is 13.2. The Kier molecular flexibility index (Phi) is 5.21. The van der Waals surface area contributed by atoms with Crippen LogP contribution in [0.2, 0.25) is 0 Å². The first-order valence-electron chi connectivity index (χ1n) is 9.66. The minimum Gasteiger partial charge on any atom is -0.317 e. The predicted molar refractivity (Wildman–Crippen MR) is 109 cm³/mol. The van der Waals surface area contributed by atoms with E-state index in [1.165, 1.54) is 0 Å². The number of amides is 2. The largest absolute Gasteiger partial charge is 0.322 e. The molecule has 2 fully saturated rings. The molecule has 2 bridgehead atoms. The van der Waals surface area contributed by atoms with Gasteiger partial charge in [0, 0.05) is 30.5 Å². The number of nitrogens with one attached hydrogen (secondary N) is 1. The van der Waals surface area contributed by atoms with E-state index < -0.39 is 0 Å². The first-order valence-corrected chi connectivity index (χ1v) is 9.66. The van der Waals surface area contributed by atoms with Gasteiger partial charge >= 0.3 is 6.03 Å². The Bertz CT molecular complexity index is 803. The molecule has 5 nitrogen and oxygen atoms in total. The fraction of sp³-hybridized carbons (Fsp3) is 0.364. The van der Waals surface area contributed by atoms with Crippen LogP contribution in [0.3, 0.4) is 0 Å². The summed E-state index contributed by atoms with van der Waals surface area (Å²) in [5.41, 5.74) is 2.85. The molecule has 0 unspecified atom stereocenters. The van der Waals surface area contributed by atoms with Crippen molar-refractivity contribution >= 4 is 23.9 Å². The van der Waals surface area contributed by atoms with Gasteiger partial charge in [-0.05, 0) is 68.8 Å². The van der Waals surface area contributed by atoms with E-state index in [4.69, 9.17) is 0 Å². The highest BCUT2D eigenvalue weighted by Crippen LogP contribution is 2.30. The maximum absolute atomic E-state index is 12.9. The molecule has 1 aromatic carbocycles. The smallest absolute Gasteiger partial charge is 0.317 e. The second-order valence-corrected chi connectivity index (χ2v) is 7.48. The summed E-state index contributed by atoms with van der Waals surface area (Å²) in [6, 6.07) is 14.5. The van der Waals surface area contributed by atoms with Crippen LogP contribution < -0.4 is 5.32 Å². The number of carbonyl (C=O) groups excluding carboxylic acids is 1. The third-order valence-corrected chi connectivity index (χ3v) is 5.52. The van der Waals surface area contributed by atoms with Gasteiger partial charge in [0.1, 0.15) is 0 Å². The van der Waals surface area contributed by atoms with Gasteiger partial charge in [0.2, 0.25) is 0 Å². The number of anilines is 1. The van der Waals surface area contributed by atoms with Crippen LogP contribution in [0.5, 0.6) is 0 Å². The lowest BCUT2D eigenvalue weighted by atomic mass is 10.1. The van der Waals surface area contributed by atoms with Crippen molar-refractivity contribution in [2.24, 2.45) is 0 Å². The Hall–Kier alpha value is -2.66. The monoisotopic (exact) mass is 362 g/mol. The van der Waals surface area contributed by atoms with Crippen molar-refractivity contribution in [1.82, 2.24) is 14.8 Å². The summed E-state index contributed by atoms with van der Waals surface area (Å²) in [7, 11) is 2.15. The summed E-state index contributed by atoms with van der Waals surface area (Å²) in [4.78, 5) is 21.6. The zero-order valence-electron chi connectivity index (χ0n) is 15.7. The molecule has 4 rings (SSSR count). The van der Waals surface area contributed by atoms with E-state index in [0.29, 0.717) is 12.1 Å². The van der Waals surface area contributed by atoms with Crippen LogP contribution in [-0.2, 0) is 0 Å². The number of hydrogen-bond acceptors (Lipinski definition) is 3. The summed E-state index contributed by atoms with van der Waals surface area (Å²) in [5, 5.41) is 3.09. The number of likely N-dealkylation sites (tertiary alicyclic amines) is 1. The fourth-order valence-electron chi connectivity index (χ4n) is 4.10. The Labute approximate surface area is 160 Å². The van der Waals surface area contributed by atoms with E-state index >= 15 is 0 Å². The first kappa shape index (κ1) is 17.7. The highest BCUT2D eigenvalue weighted by molar-refractivity contribution is 5.90. The summed E-state index contributed by atoms with van der Waals surface area (Å²) < 4.78 is 0. The quantitative estimate of drug-likeness (QED) is 0.899. The molecule has 1 N–H and O–H groups in total. The Morgan fingerprint density at radius 1 is 1.07 bits per heavy atom. The predicted octanol–water partition coefficient (Wildman–Crippen LogP) is 3.95. The van der Waals surface area contributed by atoms with Crippen molar-refractivity contribution in [3.8, 4) is 0 Å². The Morgan fingerprint density at radius 3 is 2.67 bits per heavy atom. The number of hydrogen-bond donors (Lipinski definition) is 1. The van der Waals surface area contributed by atoms with Crippen molar-refractivity contribution < 1.29 is 4.79 Å². The van der Waals surface area contributed by atoms with E-state index in [-0.39, 0.29) is 6.03 Å². The van der Waals surface area contributed by atoms with Crippen LogP contribution in [0.4, 0.5) is 10.5 Å². The number of benzene rings is 1. The molecular weight excluding hydrogens is 336 g/mol. The van der Waals surface area contributed by atoms with Gasteiger partial charge in [0.05, 0.1) is 5.69 Å². The molecule has 0 spiro atoms. The zero-order chi connectivity index (χ0) is 18.6. The van der Waals surface area contributed by atoms with Gasteiger partial charge in [-0.25, -0.2) is 4.79 Å². The van der Waals surface area contributed by atoms with Gasteiger partial charge in [0.25, 0.3) is 0 Å². The molecular formula is C22H26N4O. The molecule has 27 heavy (non-hydrogen) atoms. The minimum absolute atomic E-state index is 0.0366. The average molecular weight is 362 g/mol. The summed E-state index contributed by atoms with van der Waals surface area (Å²) in [5.74, 6) is 0. The van der Waals surface area contributed by atoms with Gasteiger partial charge in [-0.3, -0.25) is 4.98 Å². The molecule has 2 amide bonds. The Morgan fingerprint density at radius 2 is 1.89 bits per heavy atom. The van der Waals surface area contributed by atoms with Crippen molar-refractivity contribution in [1.29, 1.82) is 0 Å². The SMILES string of the molecule is CN1CC[C@H]2CC[C@@H](C1)N2C(=O)Nc1ccc(/C=C/c2ccccn2)cc1. The van der Waals surface area contributed by atoms with Crippen LogP contribution in [0.25, 0.3) is 12.2 Å². The average Bonchev–Trinajstić information content (AvgIpc) is 3.00. The second kappa shape index (κ2) is 7.92. The zero-order valence-corrected chi connectivity index (χ0v) is 15.7. The lowest BCUT2D eigenvalue weighted by molar-refractivity contribution is 0.186. The number of aromatic nitrogens is 1. The molecule has 2 atom stereocenters. The van der Waals surface area contributed by atoms with E-state index in [0.717, 1.165) is 49.3 Å². The summed E-state index contributed by atoms with van der Waals surface area (Å²) in [6.07, 6.45) is 9.10. The fourth-order valence-corrected chi connectivity index (χ4v) is 4.10.